The molecule has 0 spiro atoms. The minimum Gasteiger partial charge on any atom is -0.271 e. The maximum absolute atomic E-state index is 5.84. The van der Waals surface area contributed by atoms with Crippen LogP contribution in [-0.2, 0) is 5.41 Å². The van der Waals surface area contributed by atoms with Gasteiger partial charge >= 0.3 is 0 Å². The molecular weight excluding hydrogens is 220 g/mol. The van der Waals surface area contributed by atoms with Crippen LogP contribution in [0.1, 0.15) is 51.5 Å². The van der Waals surface area contributed by atoms with Gasteiger partial charge in [0.05, 0.1) is 0 Å². The molecule has 3 N–H and O–H groups in total. The molecule has 1 aromatic carbocycles. The van der Waals surface area contributed by atoms with E-state index in [0.29, 0.717) is 11.5 Å². The van der Waals surface area contributed by atoms with E-state index in [-0.39, 0.29) is 0 Å². The van der Waals surface area contributed by atoms with Crippen LogP contribution >= 0.6 is 0 Å². The van der Waals surface area contributed by atoms with Gasteiger partial charge in [0.2, 0.25) is 0 Å². The van der Waals surface area contributed by atoms with Crippen molar-refractivity contribution < 1.29 is 0 Å². The molecular formula is C16H26N2. The molecule has 0 radical (unpaired) electrons. The van der Waals surface area contributed by atoms with Gasteiger partial charge in [-0.1, -0.05) is 57.0 Å². The lowest BCUT2D eigenvalue weighted by Gasteiger charge is -2.30. The maximum Gasteiger partial charge on any atom is 0.0310 e. The second-order valence-electron chi connectivity index (χ2n) is 5.66. The van der Waals surface area contributed by atoms with Gasteiger partial charge in [-0.3, -0.25) is 11.3 Å². The first kappa shape index (κ1) is 13.6. The van der Waals surface area contributed by atoms with Crippen molar-refractivity contribution in [3.05, 3.63) is 35.9 Å². The van der Waals surface area contributed by atoms with Crippen LogP contribution in [0.5, 0.6) is 0 Å². The van der Waals surface area contributed by atoms with E-state index in [2.05, 4.69) is 49.6 Å². The van der Waals surface area contributed by atoms with Crippen molar-refractivity contribution in [1.82, 2.24) is 5.43 Å². The molecule has 2 rings (SSSR count). The van der Waals surface area contributed by atoms with Crippen molar-refractivity contribution in [2.45, 2.75) is 57.4 Å². The molecule has 1 saturated carbocycles. The summed E-state index contributed by atoms with van der Waals surface area (Å²) in [6.07, 6.45) is 6.23. The normalized spacial score (nSPS) is 18.9. The Morgan fingerprint density at radius 2 is 1.78 bits per heavy atom. The van der Waals surface area contributed by atoms with Crippen molar-refractivity contribution in [2.24, 2.45) is 11.8 Å². The highest BCUT2D eigenvalue weighted by Gasteiger charge is 2.50. The smallest absolute Gasteiger partial charge is 0.0310 e. The van der Waals surface area contributed by atoms with E-state index >= 15 is 0 Å². The molecule has 1 aliphatic rings. The van der Waals surface area contributed by atoms with Gasteiger partial charge in [-0.25, -0.2) is 0 Å². The van der Waals surface area contributed by atoms with Crippen molar-refractivity contribution in [2.75, 3.05) is 0 Å². The lowest BCUT2D eigenvalue weighted by Crippen LogP contribution is -2.45. The lowest BCUT2D eigenvalue weighted by molar-refractivity contribution is 0.319. The Balaban J connectivity index is 2.12. The third kappa shape index (κ3) is 2.60. The zero-order valence-electron chi connectivity index (χ0n) is 11.7. The van der Waals surface area contributed by atoms with E-state index in [1.165, 1.54) is 37.7 Å². The fourth-order valence-corrected chi connectivity index (χ4v) is 3.15. The Hall–Kier alpha value is -0.860. The summed E-state index contributed by atoms with van der Waals surface area (Å²) in [6, 6.07) is 11.3. The van der Waals surface area contributed by atoms with Crippen molar-refractivity contribution in [1.29, 1.82) is 0 Å². The summed E-state index contributed by atoms with van der Waals surface area (Å²) < 4.78 is 0. The van der Waals surface area contributed by atoms with Crippen molar-refractivity contribution in [3.8, 4) is 0 Å². The Labute approximate surface area is 111 Å². The van der Waals surface area contributed by atoms with Gasteiger partial charge in [0.1, 0.15) is 0 Å². The molecule has 1 unspecified atom stereocenters. The Morgan fingerprint density at radius 3 is 2.22 bits per heavy atom. The van der Waals surface area contributed by atoms with Crippen LogP contribution in [-0.4, -0.2) is 6.04 Å². The highest BCUT2D eigenvalue weighted by atomic mass is 15.2. The monoisotopic (exact) mass is 246 g/mol. The molecule has 0 aromatic heterocycles. The lowest BCUT2D eigenvalue weighted by atomic mass is 9.82. The highest BCUT2D eigenvalue weighted by molar-refractivity contribution is 5.33. The first-order valence-corrected chi connectivity index (χ1v) is 7.28. The highest BCUT2D eigenvalue weighted by Crippen LogP contribution is 2.52. The van der Waals surface area contributed by atoms with Gasteiger partial charge in [-0.05, 0) is 30.7 Å². The van der Waals surface area contributed by atoms with Crippen LogP contribution in [0.3, 0.4) is 0 Å². The van der Waals surface area contributed by atoms with Gasteiger partial charge in [0.15, 0.2) is 0 Å². The van der Waals surface area contributed by atoms with Crippen LogP contribution in [0.15, 0.2) is 30.3 Å². The van der Waals surface area contributed by atoms with Crippen LogP contribution < -0.4 is 11.3 Å². The first-order valence-electron chi connectivity index (χ1n) is 7.28. The fraction of sp³-hybridized carbons (Fsp3) is 0.625. The third-order valence-electron chi connectivity index (χ3n) is 4.73. The molecule has 2 nitrogen and oxygen atoms in total. The van der Waals surface area contributed by atoms with Gasteiger partial charge in [0.25, 0.3) is 0 Å². The molecule has 100 valence electrons. The summed E-state index contributed by atoms with van der Waals surface area (Å²) in [7, 11) is 0. The van der Waals surface area contributed by atoms with Gasteiger partial charge in [0, 0.05) is 11.5 Å². The quantitative estimate of drug-likeness (QED) is 0.572. The summed E-state index contributed by atoms with van der Waals surface area (Å²) in [4.78, 5) is 0. The number of rotatable bonds is 7. The number of nitrogens with one attached hydrogen (secondary N) is 1. The summed E-state index contributed by atoms with van der Waals surface area (Å²) in [6.45, 7) is 4.56. The van der Waals surface area contributed by atoms with E-state index < -0.39 is 0 Å². The predicted molar refractivity (Wildman–Crippen MR) is 77.2 cm³/mol. The number of hydrogen-bond acceptors (Lipinski definition) is 2. The van der Waals surface area contributed by atoms with Gasteiger partial charge in [-0.2, -0.15) is 0 Å². The summed E-state index contributed by atoms with van der Waals surface area (Å²) in [5.41, 5.74) is 4.86. The molecule has 0 heterocycles. The van der Waals surface area contributed by atoms with E-state index in [1.54, 1.807) is 0 Å². The molecule has 0 amide bonds. The van der Waals surface area contributed by atoms with E-state index in [0.717, 1.165) is 5.92 Å². The van der Waals surface area contributed by atoms with Crippen LogP contribution in [0.4, 0.5) is 0 Å². The molecule has 18 heavy (non-hydrogen) atoms. The second-order valence-corrected chi connectivity index (χ2v) is 5.66. The Kier molecular flexibility index (Phi) is 4.41. The molecule has 0 aliphatic heterocycles. The largest absolute Gasteiger partial charge is 0.271 e. The van der Waals surface area contributed by atoms with Crippen molar-refractivity contribution >= 4 is 0 Å². The molecule has 1 fully saturated rings. The minimum atomic E-state index is 0.304. The standard InChI is InChI=1S/C16H26N2/c1-3-13(4-2)12-15(18-17)16(10-11-16)14-8-6-5-7-9-14/h5-9,13,15,18H,3-4,10-12,17H2,1-2H3. The molecule has 1 atom stereocenters. The van der Waals surface area contributed by atoms with Gasteiger partial charge in [-0.15, -0.1) is 0 Å². The van der Waals surface area contributed by atoms with Crippen LogP contribution in [0.25, 0.3) is 0 Å². The van der Waals surface area contributed by atoms with Crippen LogP contribution in [0.2, 0.25) is 0 Å². The first-order chi connectivity index (χ1) is 8.76. The van der Waals surface area contributed by atoms with Crippen LogP contribution in [0, 0.1) is 5.92 Å². The predicted octanol–water partition coefficient (Wildman–Crippen LogP) is 3.38. The number of benzene rings is 1. The summed E-state index contributed by atoms with van der Waals surface area (Å²) in [5.74, 6) is 6.63. The number of hydrogen-bond donors (Lipinski definition) is 2. The summed E-state index contributed by atoms with van der Waals surface area (Å²) in [5, 5.41) is 0. The fourth-order valence-electron chi connectivity index (χ4n) is 3.15. The third-order valence-corrected chi connectivity index (χ3v) is 4.73. The average Bonchev–Trinajstić information content (AvgIpc) is 3.23. The zero-order valence-corrected chi connectivity index (χ0v) is 11.7. The maximum atomic E-state index is 5.84. The summed E-state index contributed by atoms with van der Waals surface area (Å²) >= 11 is 0. The Bertz CT molecular complexity index is 353. The molecule has 1 aromatic rings. The van der Waals surface area contributed by atoms with E-state index in [1.807, 2.05) is 0 Å². The van der Waals surface area contributed by atoms with Crippen molar-refractivity contribution in [3.63, 3.8) is 0 Å². The molecule has 1 aliphatic carbocycles. The molecule has 2 heteroatoms. The topological polar surface area (TPSA) is 38.0 Å². The average molecular weight is 246 g/mol. The molecule has 0 bridgehead atoms. The molecule has 0 saturated heterocycles. The van der Waals surface area contributed by atoms with E-state index in [4.69, 9.17) is 5.84 Å². The Morgan fingerprint density at radius 1 is 1.17 bits per heavy atom. The number of hydrazine groups is 1. The zero-order chi connectivity index (χ0) is 13.0. The number of nitrogens with two attached hydrogens (primary N) is 1. The van der Waals surface area contributed by atoms with E-state index in [9.17, 15) is 0 Å². The SMILES string of the molecule is CCC(CC)CC(NN)C1(c2ccccc2)CC1. The van der Waals surface area contributed by atoms with Gasteiger partial charge < -0.3 is 0 Å². The second kappa shape index (κ2) is 5.85. The minimum absolute atomic E-state index is 0.304.